The first-order valence-electron chi connectivity index (χ1n) is 8.54. The molecular formula is C20H21N3O3. The Hall–Kier alpha value is -3.28. The summed E-state index contributed by atoms with van der Waals surface area (Å²) in [4.78, 5) is 12.5. The van der Waals surface area contributed by atoms with Crippen LogP contribution in [0.15, 0.2) is 60.8 Å². The minimum atomic E-state index is -0.259. The van der Waals surface area contributed by atoms with E-state index in [9.17, 15) is 4.79 Å². The summed E-state index contributed by atoms with van der Waals surface area (Å²) < 4.78 is 12.9. The molecule has 1 heterocycles. The van der Waals surface area contributed by atoms with Gasteiger partial charge in [-0.1, -0.05) is 18.2 Å². The Balaban J connectivity index is 1.69. The maximum atomic E-state index is 12.5. The molecule has 0 fully saturated rings. The topological polar surface area (TPSA) is 65.4 Å². The number of aromatic nitrogens is 2. The summed E-state index contributed by atoms with van der Waals surface area (Å²) in [6.45, 7) is 4.93. The molecule has 134 valence electrons. The zero-order valence-corrected chi connectivity index (χ0v) is 14.8. The van der Waals surface area contributed by atoms with Crippen LogP contribution in [0.25, 0.3) is 0 Å². The Morgan fingerprint density at radius 2 is 1.73 bits per heavy atom. The molecular weight excluding hydrogens is 330 g/mol. The average Bonchev–Trinajstić information content (AvgIpc) is 3.08. The molecule has 0 radical (unpaired) electrons. The lowest BCUT2D eigenvalue weighted by Gasteiger charge is -2.08. The van der Waals surface area contributed by atoms with Crippen molar-refractivity contribution in [3.8, 4) is 17.4 Å². The number of hydrogen-bond acceptors (Lipinski definition) is 4. The molecule has 0 unspecified atom stereocenters. The van der Waals surface area contributed by atoms with Gasteiger partial charge in [-0.25, -0.2) is 0 Å². The number of nitrogens with zero attached hydrogens (tertiary/aromatic N) is 2. The van der Waals surface area contributed by atoms with Gasteiger partial charge in [0, 0.05) is 18.4 Å². The number of ether oxygens (including phenoxy) is 2. The summed E-state index contributed by atoms with van der Waals surface area (Å²) in [7, 11) is 0. The van der Waals surface area contributed by atoms with Crippen LogP contribution in [0.2, 0.25) is 0 Å². The first-order chi connectivity index (χ1) is 12.7. The highest BCUT2D eigenvalue weighted by atomic mass is 16.5. The molecule has 3 aromatic rings. The Labute approximate surface area is 152 Å². The smallest absolute Gasteiger partial charge is 0.262 e. The quantitative estimate of drug-likeness (QED) is 0.687. The molecule has 1 aromatic heterocycles. The van der Waals surface area contributed by atoms with Gasteiger partial charge in [-0.3, -0.25) is 9.48 Å². The van der Waals surface area contributed by atoms with Gasteiger partial charge in [0.25, 0.3) is 5.91 Å². The van der Waals surface area contributed by atoms with E-state index in [1.807, 2.05) is 56.3 Å². The molecule has 0 saturated heterocycles. The van der Waals surface area contributed by atoms with E-state index >= 15 is 0 Å². The number of carbonyl (C=O) groups excluding carboxylic acids is 1. The Morgan fingerprint density at radius 1 is 1.04 bits per heavy atom. The van der Waals surface area contributed by atoms with Crippen molar-refractivity contribution in [3.05, 3.63) is 66.4 Å². The minimum Gasteiger partial charge on any atom is -0.476 e. The highest BCUT2D eigenvalue weighted by molar-refractivity contribution is 6.05. The lowest BCUT2D eigenvalue weighted by atomic mass is 10.2. The van der Waals surface area contributed by atoms with E-state index in [1.54, 1.807) is 23.0 Å². The van der Waals surface area contributed by atoms with E-state index in [2.05, 4.69) is 10.4 Å². The molecule has 0 saturated carbocycles. The van der Waals surface area contributed by atoms with Crippen molar-refractivity contribution in [2.45, 2.75) is 20.4 Å². The van der Waals surface area contributed by atoms with Crippen molar-refractivity contribution in [3.63, 3.8) is 0 Å². The highest BCUT2D eigenvalue weighted by Gasteiger charge is 2.17. The van der Waals surface area contributed by atoms with Gasteiger partial charge in [-0.05, 0) is 50.2 Å². The lowest BCUT2D eigenvalue weighted by molar-refractivity contribution is 0.102. The van der Waals surface area contributed by atoms with E-state index < -0.39 is 0 Å². The summed E-state index contributed by atoms with van der Waals surface area (Å²) in [5.41, 5.74) is 1.08. The molecule has 0 aliphatic heterocycles. The Kier molecular flexibility index (Phi) is 5.53. The largest absolute Gasteiger partial charge is 0.476 e. The number of para-hydroxylation sites is 1. The van der Waals surface area contributed by atoms with Crippen molar-refractivity contribution >= 4 is 11.6 Å². The summed E-state index contributed by atoms with van der Waals surface area (Å²) in [6.07, 6.45) is 1.69. The third-order valence-electron chi connectivity index (χ3n) is 3.67. The zero-order chi connectivity index (χ0) is 18.4. The molecule has 1 amide bonds. The van der Waals surface area contributed by atoms with Crippen molar-refractivity contribution in [1.82, 2.24) is 9.78 Å². The fourth-order valence-corrected chi connectivity index (χ4v) is 2.39. The third kappa shape index (κ3) is 4.22. The molecule has 0 spiro atoms. The number of benzene rings is 2. The fraction of sp³-hybridized carbons (Fsp3) is 0.200. The van der Waals surface area contributed by atoms with Crippen LogP contribution in [0.1, 0.15) is 24.2 Å². The van der Waals surface area contributed by atoms with Gasteiger partial charge in [-0.2, -0.15) is 0 Å². The van der Waals surface area contributed by atoms with Crippen molar-refractivity contribution < 1.29 is 14.3 Å². The molecule has 3 rings (SSSR count). The standard InChI is InChI=1S/C20H21N3O3/c1-3-23-14-18(20(22-23)25-4-2)19(24)21-15-10-12-17(13-11-15)26-16-8-6-5-7-9-16/h5-14H,3-4H2,1-2H3,(H,21,24). The minimum absolute atomic E-state index is 0.259. The normalized spacial score (nSPS) is 10.4. The van der Waals surface area contributed by atoms with Crippen LogP contribution >= 0.6 is 0 Å². The van der Waals surface area contributed by atoms with Gasteiger partial charge >= 0.3 is 0 Å². The number of amides is 1. The summed E-state index contributed by atoms with van der Waals surface area (Å²) in [6, 6.07) is 16.7. The second-order valence-corrected chi connectivity index (χ2v) is 5.53. The number of hydrogen-bond donors (Lipinski definition) is 1. The van der Waals surface area contributed by atoms with Crippen molar-refractivity contribution in [1.29, 1.82) is 0 Å². The zero-order valence-electron chi connectivity index (χ0n) is 14.8. The SMILES string of the molecule is CCOc1nn(CC)cc1C(=O)Nc1ccc(Oc2ccccc2)cc1. The molecule has 0 atom stereocenters. The number of anilines is 1. The lowest BCUT2D eigenvalue weighted by Crippen LogP contribution is -2.12. The van der Waals surface area contributed by atoms with Crippen molar-refractivity contribution in [2.24, 2.45) is 0 Å². The predicted octanol–water partition coefficient (Wildman–Crippen LogP) is 4.35. The van der Waals surface area contributed by atoms with Crippen LogP contribution in [-0.4, -0.2) is 22.3 Å². The third-order valence-corrected chi connectivity index (χ3v) is 3.67. The van der Waals surface area contributed by atoms with E-state index in [0.29, 0.717) is 36.0 Å². The summed E-state index contributed by atoms with van der Waals surface area (Å²) in [5, 5.41) is 7.11. The molecule has 1 N–H and O–H groups in total. The number of nitrogens with one attached hydrogen (secondary N) is 1. The molecule has 2 aromatic carbocycles. The van der Waals surface area contributed by atoms with Crippen LogP contribution < -0.4 is 14.8 Å². The van der Waals surface area contributed by atoms with Gasteiger partial charge in [0.2, 0.25) is 5.88 Å². The van der Waals surface area contributed by atoms with Crippen molar-refractivity contribution in [2.75, 3.05) is 11.9 Å². The number of aryl methyl sites for hydroxylation is 1. The first-order valence-corrected chi connectivity index (χ1v) is 8.54. The Bertz CT molecular complexity index is 858. The predicted molar refractivity (Wildman–Crippen MR) is 100.0 cm³/mol. The monoisotopic (exact) mass is 351 g/mol. The van der Waals surface area contributed by atoms with Gasteiger partial charge < -0.3 is 14.8 Å². The average molecular weight is 351 g/mol. The molecule has 0 aliphatic carbocycles. The van der Waals surface area contributed by atoms with Gasteiger partial charge in [0.15, 0.2) is 0 Å². The van der Waals surface area contributed by atoms with E-state index in [-0.39, 0.29) is 5.91 Å². The van der Waals surface area contributed by atoms with E-state index in [1.165, 1.54) is 0 Å². The second-order valence-electron chi connectivity index (χ2n) is 5.53. The molecule has 26 heavy (non-hydrogen) atoms. The van der Waals surface area contributed by atoms with Crippen LogP contribution in [0.5, 0.6) is 17.4 Å². The maximum absolute atomic E-state index is 12.5. The van der Waals surface area contributed by atoms with Crippen LogP contribution in [0.4, 0.5) is 5.69 Å². The molecule has 0 aliphatic rings. The molecule has 6 nitrogen and oxygen atoms in total. The van der Waals surface area contributed by atoms with Gasteiger partial charge in [0.1, 0.15) is 17.1 Å². The molecule has 0 bridgehead atoms. The van der Waals surface area contributed by atoms with Gasteiger partial charge in [-0.15, -0.1) is 5.10 Å². The first kappa shape index (κ1) is 17.5. The second kappa shape index (κ2) is 8.20. The van der Waals surface area contributed by atoms with Gasteiger partial charge in [0.05, 0.1) is 6.61 Å². The fourth-order valence-electron chi connectivity index (χ4n) is 2.39. The van der Waals surface area contributed by atoms with E-state index in [4.69, 9.17) is 9.47 Å². The van der Waals surface area contributed by atoms with E-state index in [0.717, 1.165) is 5.75 Å². The number of carbonyl (C=O) groups is 1. The number of rotatable bonds is 7. The van der Waals surface area contributed by atoms with Crippen LogP contribution in [0, 0.1) is 0 Å². The van der Waals surface area contributed by atoms with Crippen LogP contribution in [0.3, 0.4) is 0 Å². The Morgan fingerprint density at radius 3 is 2.38 bits per heavy atom. The van der Waals surface area contributed by atoms with Crippen LogP contribution in [-0.2, 0) is 6.54 Å². The molecule has 6 heteroatoms. The maximum Gasteiger partial charge on any atom is 0.262 e. The summed E-state index contributed by atoms with van der Waals surface area (Å²) >= 11 is 0. The summed E-state index contributed by atoms with van der Waals surface area (Å²) in [5.74, 6) is 1.54. The highest BCUT2D eigenvalue weighted by Crippen LogP contribution is 2.23.